The summed E-state index contributed by atoms with van der Waals surface area (Å²) in [6.07, 6.45) is 1.07. The Hall–Kier alpha value is -1.44. The number of hydrogen-bond donors (Lipinski definition) is 0. The van der Waals surface area contributed by atoms with Gasteiger partial charge in [0.25, 0.3) is 0 Å². The van der Waals surface area contributed by atoms with Crippen LogP contribution in [0.1, 0.15) is 18.2 Å². The Bertz CT molecular complexity index is 435. The van der Waals surface area contributed by atoms with E-state index in [1.165, 1.54) is 10.9 Å². The van der Waals surface area contributed by atoms with E-state index in [1.807, 2.05) is 13.0 Å². The van der Waals surface area contributed by atoms with Gasteiger partial charge in [0.1, 0.15) is 0 Å². The largest absolute Gasteiger partial charge is 0.155 e. The van der Waals surface area contributed by atoms with Crippen LogP contribution in [0.25, 0.3) is 10.9 Å². The molecular weight excluding hydrogens is 160 g/mol. The van der Waals surface area contributed by atoms with Crippen molar-refractivity contribution in [2.75, 3.05) is 0 Å². The summed E-state index contributed by atoms with van der Waals surface area (Å²) in [7, 11) is 0. The number of aromatic nitrogens is 2. The minimum absolute atomic E-state index is 0.973. The van der Waals surface area contributed by atoms with Crippen LogP contribution in [0.3, 0.4) is 0 Å². The predicted octanol–water partition coefficient (Wildman–Crippen LogP) is 2.50. The van der Waals surface area contributed by atoms with Crippen molar-refractivity contribution in [3.05, 3.63) is 35.5 Å². The molecule has 1 aromatic carbocycles. The van der Waals surface area contributed by atoms with E-state index in [4.69, 9.17) is 0 Å². The first-order valence-corrected chi connectivity index (χ1v) is 4.52. The lowest BCUT2D eigenvalue weighted by Gasteiger charge is -2.00. The predicted molar refractivity (Wildman–Crippen MR) is 53.7 cm³/mol. The molecule has 2 nitrogen and oxygen atoms in total. The van der Waals surface area contributed by atoms with E-state index < -0.39 is 0 Å². The molecule has 2 heteroatoms. The molecule has 66 valence electrons. The highest BCUT2D eigenvalue weighted by Gasteiger charge is 1.97. The van der Waals surface area contributed by atoms with Crippen molar-refractivity contribution in [2.45, 2.75) is 20.3 Å². The van der Waals surface area contributed by atoms with Crippen molar-refractivity contribution in [3.63, 3.8) is 0 Å². The Morgan fingerprint density at radius 1 is 1.15 bits per heavy atom. The average Bonchev–Trinajstić information content (AvgIpc) is 2.16. The third kappa shape index (κ3) is 1.52. The van der Waals surface area contributed by atoms with Crippen molar-refractivity contribution in [3.8, 4) is 0 Å². The normalized spacial score (nSPS) is 10.6. The molecule has 0 atom stereocenters. The Labute approximate surface area is 77.6 Å². The molecule has 0 aliphatic carbocycles. The maximum Gasteiger partial charge on any atom is 0.0930 e. The van der Waals surface area contributed by atoms with E-state index in [2.05, 4.69) is 35.3 Å². The second-order valence-corrected chi connectivity index (χ2v) is 3.23. The fourth-order valence-corrected chi connectivity index (χ4v) is 1.42. The Morgan fingerprint density at radius 3 is 2.77 bits per heavy atom. The third-order valence-electron chi connectivity index (χ3n) is 2.18. The number of fused-ring (bicyclic) bond motifs is 1. The van der Waals surface area contributed by atoms with Gasteiger partial charge in [-0.05, 0) is 37.1 Å². The van der Waals surface area contributed by atoms with Crippen LogP contribution in [0.15, 0.2) is 24.3 Å². The zero-order valence-corrected chi connectivity index (χ0v) is 7.91. The van der Waals surface area contributed by atoms with Crippen LogP contribution in [-0.2, 0) is 6.42 Å². The van der Waals surface area contributed by atoms with E-state index in [0.717, 1.165) is 17.6 Å². The van der Waals surface area contributed by atoms with Gasteiger partial charge in [-0.25, -0.2) is 0 Å². The monoisotopic (exact) mass is 172 g/mol. The van der Waals surface area contributed by atoms with E-state index in [1.54, 1.807) is 0 Å². The summed E-state index contributed by atoms with van der Waals surface area (Å²) in [5.41, 5.74) is 3.29. The maximum atomic E-state index is 4.11. The third-order valence-corrected chi connectivity index (χ3v) is 2.18. The van der Waals surface area contributed by atoms with Crippen LogP contribution >= 0.6 is 0 Å². The molecular formula is C11H12N2. The maximum absolute atomic E-state index is 4.11. The zero-order valence-electron chi connectivity index (χ0n) is 7.91. The molecule has 0 spiro atoms. The van der Waals surface area contributed by atoms with Gasteiger partial charge in [0.2, 0.25) is 0 Å². The van der Waals surface area contributed by atoms with E-state index >= 15 is 0 Å². The summed E-state index contributed by atoms with van der Waals surface area (Å²) >= 11 is 0. The average molecular weight is 172 g/mol. The van der Waals surface area contributed by atoms with Crippen molar-refractivity contribution < 1.29 is 0 Å². The first-order valence-electron chi connectivity index (χ1n) is 4.52. The summed E-state index contributed by atoms with van der Waals surface area (Å²) in [6, 6.07) is 8.38. The molecule has 2 rings (SSSR count). The molecule has 0 saturated heterocycles. The SMILES string of the molecule is CCc1ccc2nnc(C)cc2c1. The van der Waals surface area contributed by atoms with Crippen molar-refractivity contribution >= 4 is 10.9 Å². The molecule has 1 aromatic heterocycles. The van der Waals surface area contributed by atoms with Gasteiger partial charge in [-0.1, -0.05) is 13.0 Å². The van der Waals surface area contributed by atoms with Gasteiger partial charge in [-0.3, -0.25) is 0 Å². The molecule has 0 N–H and O–H groups in total. The standard InChI is InChI=1S/C11H12N2/c1-3-9-4-5-11-10(7-9)6-8(2)12-13-11/h4-7H,3H2,1-2H3. The van der Waals surface area contributed by atoms with Crippen LogP contribution in [0.4, 0.5) is 0 Å². The fraction of sp³-hybridized carbons (Fsp3) is 0.273. The van der Waals surface area contributed by atoms with Crippen molar-refractivity contribution in [1.29, 1.82) is 0 Å². The quantitative estimate of drug-likeness (QED) is 0.660. The molecule has 0 radical (unpaired) electrons. The molecule has 13 heavy (non-hydrogen) atoms. The van der Waals surface area contributed by atoms with Gasteiger partial charge in [0.15, 0.2) is 0 Å². The van der Waals surface area contributed by atoms with Gasteiger partial charge in [-0.2, -0.15) is 10.2 Å². The molecule has 0 bridgehead atoms. The van der Waals surface area contributed by atoms with Gasteiger partial charge in [0.05, 0.1) is 11.2 Å². The molecule has 0 aliphatic rings. The molecule has 0 aliphatic heterocycles. The summed E-state index contributed by atoms with van der Waals surface area (Å²) in [6.45, 7) is 4.12. The summed E-state index contributed by atoms with van der Waals surface area (Å²) in [5.74, 6) is 0. The molecule has 0 saturated carbocycles. The van der Waals surface area contributed by atoms with E-state index in [-0.39, 0.29) is 0 Å². The number of aryl methyl sites for hydroxylation is 2. The van der Waals surface area contributed by atoms with Gasteiger partial charge in [-0.15, -0.1) is 0 Å². The zero-order chi connectivity index (χ0) is 9.26. The molecule has 0 amide bonds. The topological polar surface area (TPSA) is 25.8 Å². The molecule has 1 heterocycles. The lowest BCUT2D eigenvalue weighted by atomic mass is 10.1. The molecule has 2 aromatic rings. The Balaban J connectivity index is 2.68. The highest BCUT2D eigenvalue weighted by molar-refractivity contribution is 5.78. The van der Waals surface area contributed by atoms with Crippen LogP contribution in [0, 0.1) is 6.92 Å². The van der Waals surface area contributed by atoms with Gasteiger partial charge < -0.3 is 0 Å². The number of rotatable bonds is 1. The highest BCUT2D eigenvalue weighted by Crippen LogP contribution is 2.13. The lowest BCUT2D eigenvalue weighted by Crippen LogP contribution is -1.88. The molecule has 0 fully saturated rings. The van der Waals surface area contributed by atoms with Crippen LogP contribution < -0.4 is 0 Å². The summed E-state index contributed by atoms with van der Waals surface area (Å²) in [4.78, 5) is 0. The summed E-state index contributed by atoms with van der Waals surface area (Å²) < 4.78 is 0. The van der Waals surface area contributed by atoms with Crippen molar-refractivity contribution in [1.82, 2.24) is 10.2 Å². The lowest BCUT2D eigenvalue weighted by molar-refractivity contribution is 1.02. The summed E-state index contributed by atoms with van der Waals surface area (Å²) in [5, 5.41) is 9.31. The van der Waals surface area contributed by atoms with E-state index in [0.29, 0.717) is 0 Å². The first kappa shape index (κ1) is 8.17. The van der Waals surface area contributed by atoms with Crippen LogP contribution in [-0.4, -0.2) is 10.2 Å². The first-order chi connectivity index (χ1) is 6.29. The van der Waals surface area contributed by atoms with Gasteiger partial charge >= 0.3 is 0 Å². The number of benzene rings is 1. The molecule has 0 unspecified atom stereocenters. The van der Waals surface area contributed by atoms with Crippen molar-refractivity contribution in [2.24, 2.45) is 0 Å². The highest BCUT2D eigenvalue weighted by atomic mass is 15.1. The second kappa shape index (κ2) is 3.13. The fourth-order valence-electron chi connectivity index (χ4n) is 1.42. The van der Waals surface area contributed by atoms with Crippen LogP contribution in [0.5, 0.6) is 0 Å². The van der Waals surface area contributed by atoms with E-state index in [9.17, 15) is 0 Å². The number of nitrogens with zero attached hydrogens (tertiary/aromatic N) is 2. The van der Waals surface area contributed by atoms with Gasteiger partial charge in [0, 0.05) is 5.39 Å². The Kier molecular flexibility index (Phi) is 1.97. The minimum Gasteiger partial charge on any atom is -0.155 e. The second-order valence-electron chi connectivity index (χ2n) is 3.23. The number of hydrogen-bond acceptors (Lipinski definition) is 2. The smallest absolute Gasteiger partial charge is 0.0930 e. The Morgan fingerprint density at radius 2 is 2.00 bits per heavy atom. The van der Waals surface area contributed by atoms with Crippen LogP contribution in [0.2, 0.25) is 0 Å². The minimum atomic E-state index is 0.973.